The fraction of sp³-hybridized carbons (Fsp3) is 0.250. The molecule has 0 heterocycles. The van der Waals surface area contributed by atoms with Crippen molar-refractivity contribution in [2.75, 3.05) is 0 Å². The van der Waals surface area contributed by atoms with Gasteiger partial charge in [0, 0.05) is 0 Å². The van der Waals surface area contributed by atoms with E-state index in [4.69, 9.17) is 0 Å². The summed E-state index contributed by atoms with van der Waals surface area (Å²) in [5, 5.41) is 0. The van der Waals surface area contributed by atoms with Crippen LogP contribution in [0.1, 0.15) is 5.56 Å². The van der Waals surface area contributed by atoms with E-state index in [1.165, 1.54) is 0 Å². The Balaban J connectivity index is 0.00000169. The van der Waals surface area contributed by atoms with Crippen molar-refractivity contribution in [1.29, 1.82) is 0 Å². The number of alkyl halides is 2. The summed E-state index contributed by atoms with van der Waals surface area (Å²) >= 11 is 3.81. The van der Waals surface area contributed by atoms with E-state index in [0.717, 1.165) is 5.56 Å². The Hall–Kier alpha value is 1.63. The van der Waals surface area contributed by atoms with Gasteiger partial charge in [-0.25, -0.2) is 8.42 Å². The van der Waals surface area contributed by atoms with Crippen LogP contribution in [0.15, 0.2) is 29.2 Å². The van der Waals surface area contributed by atoms with E-state index in [9.17, 15) is 8.42 Å². The van der Waals surface area contributed by atoms with Gasteiger partial charge in [-0.3, -0.25) is 0 Å². The summed E-state index contributed by atoms with van der Waals surface area (Å²) in [6, 6.07) is 7.04. The second-order valence-corrected chi connectivity index (χ2v) is 11.1. The Morgan fingerprint density at radius 2 is 1.71 bits per heavy atom. The minimum absolute atomic E-state index is 0. The number of sulfone groups is 1. The van der Waals surface area contributed by atoms with Crippen molar-refractivity contribution in [1.82, 2.24) is 0 Å². The normalized spacial score (nSPS) is 11.1. The van der Waals surface area contributed by atoms with Gasteiger partial charge in [-0.05, 0) is 18.6 Å². The summed E-state index contributed by atoms with van der Waals surface area (Å²) < 4.78 is 23.1. The molecule has 2 nitrogen and oxygen atoms in total. The van der Waals surface area contributed by atoms with Gasteiger partial charge in [-0.15, -0.1) is 0 Å². The molecule has 1 rings (SSSR count). The number of aryl methyl sites for hydroxylation is 1. The first-order valence-electron chi connectivity index (χ1n) is 3.54. The zero-order chi connectivity index (χ0) is 10.1. The third kappa shape index (κ3) is 3.58. The van der Waals surface area contributed by atoms with Crippen molar-refractivity contribution in [3.05, 3.63) is 29.8 Å². The number of hydrogen-bond donors (Lipinski definition) is 0. The van der Waals surface area contributed by atoms with Crippen molar-refractivity contribution in [3.63, 3.8) is 0 Å². The van der Waals surface area contributed by atoms with E-state index in [1.807, 2.05) is 64.2 Å². The molecule has 0 saturated heterocycles. The molecule has 0 aliphatic rings. The van der Waals surface area contributed by atoms with Crippen LogP contribution in [-0.4, -0.2) is 39.2 Å². The number of hydrogen-bond acceptors (Lipinski definition) is 2. The number of halogens is 2. The van der Waals surface area contributed by atoms with E-state index in [0.29, 0.717) is 4.90 Å². The molecule has 0 unspecified atom stereocenters. The van der Waals surface area contributed by atoms with Crippen molar-refractivity contribution in [2.24, 2.45) is 0 Å². The SMILES string of the molecule is Cc1ccccc1S(=O)(=O)C(I)I.[NaH]. The number of benzene rings is 1. The van der Waals surface area contributed by atoms with Gasteiger partial charge < -0.3 is 0 Å². The quantitative estimate of drug-likeness (QED) is 0.397. The summed E-state index contributed by atoms with van der Waals surface area (Å²) in [6.45, 7) is 1.81. The van der Waals surface area contributed by atoms with Gasteiger partial charge in [-0.2, -0.15) is 0 Å². The second-order valence-electron chi connectivity index (χ2n) is 2.57. The van der Waals surface area contributed by atoms with Crippen molar-refractivity contribution in [2.45, 2.75) is 13.1 Å². The molecule has 0 atom stereocenters. The molecule has 74 valence electrons. The first-order chi connectivity index (χ1) is 5.96. The molecule has 1 aromatic rings. The molecule has 0 spiro atoms. The Bertz CT molecular complexity index is 404. The van der Waals surface area contributed by atoms with Crippen LogP contribution in [0.5, 0.6) is 0 Å². The molecule has 1 aromatic carbocycles. The van der Waals surface area contributed by atoms with Gasteiger partial charge in [0.2, 0.25) is 0 Å². The van der Waals surface area contributed by atoms with E-state index in [2.05, 4.69) is 0 Å². The molecule has 0 aliphatic carbocycles. The molecule has 0 saturated carbocycles. The van der Waals surface area contributed by atoms with Gasteiger partial charge in [0.1, 0.15) is 0 Å². The predicted octanol–water partition coefficient (Wildman–Crippen LogP) is 2.27. The molecule has 0 amide bonds. The van der Waals surface area contributed by atoms with Gasteiger partial charge >= 0.3 is 29.6 Å². The molecule has 0 bridgehead atoms. The molecule has 14 heavy (non-hydrogen) atoms. The molecular weight excluding hydrogens is 437 g/mol. The standard InChI is InChI=1S/C8H8I2O2S.Na.H/c1-6-4-2-3-5-7(6)13(11,12)8(9)10;;/h2-5,8H,1H3;;. The van der Waals surface area contributed by atoms with Crippen LogP contribution in [0.3, 0.4) is 0 Å². The molecule has 0 aromatic heterocycles. The fourth-order valence-corrected chi connectivity index (χ4v) is 3.59. The Labute approximate surface area is 134 Å². The van der Waals surface area contributed by atoms with Crippen LogP contribution in [0.2, 0.25) is 0 Å². The van der Waals surface area contributed by atoms with Crippen LogP contribution in [0.25, 0.3) is 0 Å². The summed E-state index contributed by atoms with van der Waals surface area (Å²) in [6.07, 6.45) is 0. The third-order valence-electron chi connectivity index (χ3n) is 1.63. The van der Waals surface area contributed by atoms with Crippen LogP contribution in [-0.2, 0) is 9.84 Å². The van der Waals surface area contributed by atoms with Crippen LogP contribution < -0.4 is 0 Å². The van der Waals surface area contributed by atoms with Crippen molar-refractivity contribution in [3.8, 4) is 0 Å². The Morgan fingerprint density at radius 1 is 1.21 bits per heavy atom. The zero-order valence-corrected chi connectivity index (χ0v) is 12.0. The first kappa shape index (κ1) is 15.6. The molecule has 0 radical (unpaired) electrons. The average molecular weight is 446 g/mol. The predicted molar refractivity (Wildman–Crippen MR) is 77.3 cm³/mol. The average Bonchev–Trinajstić information content (AvgIpc) is 2.04. The van der Waals surface area contributed by atoms with E-state index >= 15 is 0 Å². The first-order valence-corrected chi connectivity index (χ1v) is 7.57. The fourth-order valence-electron chi connectivity index (χ4n) is 0.972. The topological polar surface area (TPSA) is 34.1 Å². The van der Waals surface area contributed by atoms with Crippen LogP contribution in [0, 0.1) is 6.92 Å². The van der Waals surface area contributed by atoms with E-state index in [-0.39, 0.29) is 29.6 Å². The molecule has 0 fully saturated rings. The van der Waals surface area contributed by atoms with Crippen molar-refractivity contribution >= 4 is 84.6 Å². The monoisotopic (exact) mass is 446 g/mol. The van der Waals surface area contributed by atoms with Crippen molar-refractivity contribution < 1.29 is 8.42 Å². The third-order valence-corrected chi connectivity index (χ3v) is 7.19. The molecule has 6 heteroatoms. The second kappa shape index (κ2) is 6.39. The minimum atomic E-state index is -3.13. The summed E-state index contributed by atoms with van der Waals surface area (Å²) in [4.78, 5) is 0.434. The van der Waals surface area contributed by atoms with E-state index in [1.54, 1.807) is 12.1 Å². The van der Waals surface area contributed by atoms with Gasteiger partial charge in [0.15, 0.2) is 11.1 Å². The summed E-state index contributed by atoms with van der Waals surface area (Å²) in [5.41, 5.74) is 0.806. The molecule has 0 N–H and O–H groups in total. The maximum absolute atomic E-state index is 11.7. The van der Waals surface area contributed by atoms with Crippen LogP contribution in [0.4, 0.5) is 0 Å². The summed E-state index contributed by atoms with van der Waals surface area (Å²) in [5.74, 6) is 0. The summed E-state index contributed by atoms with van der Waals surface area (Å²) in [7, 11) is -3.13. The Kier molecular flexibility index (Phi) is 7.13. The van der Waals surface area contributed by atoms with Gasteiger partial charge in [-0.1, -0.05) is 63.4 Å². The maximum atomic E-state index is 11.7. The Morgan fingerprint density at radius 3 is 2.14 bits per heavy atom. The van der Waals surface area contributed by atoms with E-state index < -0.39 is 11.1 Å². The van der Waals surface area contributed by atoms with Gasteiger partial charge in [0.25, 0.3) is 0 Å². The molecule has 0 aliphatic heterocycles. The number of rotatable bonds is 2. The molecular formula is C8H9I2NaO2S. The zero-order valence-electron chi connectivity index (χ0n) is 6.87. The van der Waals surface area contributed by atoms with Gasteiger partial charge in [0.05, 0.1) is 4.90 Å². The van der Waals surface area contributed by atoms with Crippen LogP contribution >= 0.6 is 45.2 Å².